The number of aliphatic carboxylic acids is 1. The number of carboxylic acid groups (broad SMARTS) is 1. The van der Waals surface area contributed by atoms with Crippen LogP contribution in [0.15, 0.2) is 0 Å². The maximum Gasteiger partial charge on any atom is 0.320 e. The standard InChI is InChI=1S/C14H26N2O5/c1-4-14(12(17)18)5-6-16(11-14)13(19)15(7-9-20-2)8-10-21-3/h4-11H2,1-3H3,(H,17,18). The molecule has 1 aliphatic rings. The lowest BCUT2D eigenvalue weighted by molar-refractivity contribution is -0.148. The van der Waals surface area contributed by atoms with Crippen molar-refractivity contribution in [2.24, 2.45) is 5.41 Å². The van der Waals surface area contributed by atoms with Crippen molar-refractivity contribution in [3.05, 3.63) is 0 Å². The van der Waals surface area contributed by atoms with Crippen molar-refractivity contribution in [2.75, 3.05) is 53.6 Å². The summed E-state index contributed by atoms with van der Waals surface area (Å²) in [5.74, 6) is -0.819. The lowest BCUT2D eigenvalue weighted by atomic mass is 9.84. The second kappa shape index (κ2) is 8.19. The predicted molar refractivity (Wildman–Crippen MR) is 77.3 cm³/mol. The number of urea groups is 1. The van der Waals surface area contributed by atoms with Crippen LogP contribution in [0, 0.1) is 5.41 Å². The Kier molecular flexibility index (Phi) is 6.91. The van der Waals surface area contributed by atoms with Crippen LogP contribution < -0.4 is 0 Å². The zero-order valence-corrected chi connectivity index (χ0v) is 13.1. The minimum Gasteiger partial charge on any atom is -0.481 e. The Labute approximate surface area is 125 Å². The molecule has 0 aromatic rings. The molecule has 1 saturated heterocycles. The highest BCUT2D eigenvalue weighted by Crippen LogP contribution is 2.34. The summed E-state index contributed by atoms with van der Waals surface area (Å²) in [6, 6.07) is -0.138. The fourth-order valence-corrected chi connectivity index (χ4v) is 2.56. The molecule has 1 fully saturated rings. The maximum absolute atomic E-state index is 12.5. The number of carbonyl (C=O) groups is 2. The molecule has 0 spiro atoms. The average Bonchev–Trinajstić information content (AvgIpc) is 2.92. The van der Waals surface area contributed by atoms with E-state index in [0.717, 1.165) is 0 Å². The van der Waals surface area contributed by atoms with Crippen molar-refractivity contribution >= 4 is 12.0 Å². The summed E-state index contributed by atoms with van der Waals surface area (Å²) in [4.78, 5) is 27.3. The number of hydrogen-bond acceptors (Lipinski definition) is 4. The van der Waals surface area contributed by atoms with Crippen molar-refractivity contribution in [3.63, 3.8) is 0 Å². The Morgan fingerprint density at radius 3 is 2.19 bits per heavy atom. The SMILES string of the molecule is CCC1(C(=O)O)CCN(C(=O)N(CCOC)CCOC)C1. The van der Waals surface area contributed by atoms with Crippen LogP contribution in [-0.2, 0) is 14.3 Å². The van der Waals surface area contributed by atoms with Gasteiger partial charge in [0.05, 0.1) is 18.6 Å². The van der Waals surface area contributed by atoms with Gasteiger partial charge in [-0.25, -0.2) is 4.79 Å². The first-order valence-electron chi connectivity index (χ1n) is 7.26. The van der Waals surface area contributed by atoms with E-state index in [9.17, 15) is 14.7 Å². The van der Waals surface area contributed by atoms with Crippen molar-refractivity contribution in [1.29, 1.82) is 0 Å². The maximum atomic E-state index is 12.5. The average molecular weight is 302 g/mol. The summed E-state index contributed by atoms with van der Waals surface area (Å²) in [7, 11) is 3.17. The van der Waals surface area contributed by atoms with E-state index in [1.165, 1.54) is 0 Å². The number of carbonyl (C=O) groups excluding carboxylic acids is 1. The van der Waals surface area contributed by atoms with Crippen LogP contribution in [0.25, 0.3) is 0 Å². The lowest BCUT2D eigenvalue weighted by Crippen LogP contribution is -2.46. The highest BCUT2D eigenvalue weighted by molar-refractivity contribution is 5.79. The summed E-state index contributed by atoms with van der Waals surface area (Å²) in [6.45, 7) is 4.45. The largest absolute Gasteiger partial charge is 0.481 e. The molecule has 0 aromatic carbocycles. The molecule has 1 aliphatic heterocycles. The Morgan fingerprint density at radius 2 is 1.81 bits per heavy atom. The van der Waals surface area contributed by atoms with Crippen LogP contribution in [0.5, 0.6) is 0 Å². The molecule has 1 heterocycles. The molecule has 1 rings (SSSR count). The second-order valence-corrected chi connectivity index (χ2v) is 5.37. The normalized spacial score (nSPS) is 21.6. The minimum atomic E-state index is -0.819. The molecule has 2 amide bonds. The van der Waals surface area contributed by atoms with Gasteiger partial charge in [0.15, 0.2) is 0 Å². The summed E-state index contributed by atoms with van der Waals surface area (Å²) in [6.07, 6.45) is 1.04. The van der Waals surface area contributed by atoms with Crippen LogP contribution in [0.1, 0.15) is 19.8 Å². The number of ether oxygens (including phenoxy) is 2. The van der Waals surface area contributed by atoms with Gasteiger partial charge in [0.1, 0.15) is 0 Å². The zero-order valence-electron chi connectivity index (χ0n) is 13.1. The van der Waals surface area contributed by atoms with E-state index in [-0.39, 0.29) is 12.6 Å². The predicted octanol–water partition coefficient (Wildman–Crippen LogP) is 0.888. The molecule has 7 nitrogen and oxygen atoms in total. The highest BCUT2D eigenvalue weighted by Gasteiger charge is 2.45. The third kappa shape index (κ3) is 4.31. The van der Waals surface area contributed by atoms with Gasteiger partial charge in [-0.3, -0.25) is 4.79 Å². The molecule has 0 aliphatic carbocycles. The molecule has 0 saturated carbocycles. The Bertz CT molecular complexity index is 355. The molecular formula is C14H26N2O5. The number of nitrogens with zero attached hydrogens (tertiary/aromatic N) is 2. The van der Waals surface area contributed by atoms with E-state index in [2.05, 4.69) is 0 Å². The molecule has 0 aromatic heterocycles. The quantitative estimate of drug-likeness (QED) is 0.720. The third-order valence-corrected chi connectivity index (χ3v) is 4.16. The van der Waals surface area contributed by atoms with E-state index in [4.69, 9.17) is 9.47 Å². The van der Waals surface area contributed by atoms with E-state index < -0.39 is 11.4 Å². The lowest BCUT2D eigenvalue weighted by Gasteiger charge is -2.29. The van der Waals surface area contributed by atoms with Gasteiger partial charge in [0.25, 0.3) is 0 Å². The second-order valence-electron chi connectivity index (χ2n) is 5.37. The van der Waals surface area contributed by atoms with Gasteiger partial charge in [0.2, 0.25) is 0 Å². The monoisotopic (exact) mass is 302 g/mol. The van der Waals surface area contributed by atoms with Crippen LogP contribution >= 0.6 is 0 Å². The third-order valence-electron chi connectivity index (χ3n) is 4.16. The van der Waals surface area contributed by atoms with E-state index in [1.54, 1.807) is 24.0 Å². The van der Waals surface area contributed by atoms with Crippen LogP contribution in [0.4, 0.5) is 4.79 Å². The summed E-state index contributed by atoms with van der Waals surface area (Å²) in [5.41, 5.74) is -0.802. The number of hydrogen-bond donors (Lipinski definition) is 1. The smallest absolute Gasteiger partial charge is 0.320 e. The van der Waals surface area contributed by atoms with Gasteiger partial charge in [-0.05, 0) is 12.8 Å². The first kappa shape index (κ1) is 17.7. The molecular weight excluding hydrogens is 276 g/mol. The Morgan fingerprint density at radius 1 is 1.24 bits per heavy atom. The van der Waals surface area contributed by atoms with Crippen LogP contribution in [0.3, 0.4) is 0 Å². The molecule has 21 heavy (non-hydrogen) atoms. The van der Waals surface area contributed by atoms with Gasteiger partial charge in [-0.15, -0.1) is 0 Å². The van der Waals surface area contributed by atoms with Crippen LogP contribution in [-0.4, -0.2) is 80.5 Å². The Hall–Kier alpha value is -1.34. The minimum absolute atomic E-state index is 0.138. The summed E-state index contributed by atoms with van der Waals surface area (Å²) >= 11 is 0. The molecule has 0 bridgehead atoms. The van der Waals surface area contributed by atoms with Gasteiger partial charge < -0.3 is 24.4 Å². The van der Waals surface area contributed by atoms with E-state index >= 15 is 0 Å². The van der Waals surface area contributed by atoms with E-state index in [0.29, 0.717) is 45.7 Å². The number of methoxy groups -OCH3 is 2. The molecule has 1 N–H and O–H groups in total. The topological polar surface area (TPSA) is 79.3 Å². The Balaban J connectivity index is 2.69. The first-order valence-corrected chi connectivity index (χ1v) is 7.26. The van der Waals surface area contributed by atoms with E-state index in [1.807, 2.05) is 6.92 Å². The van der Waals surface area contributed by atoms with Crippen molar-refractivity contribution < 1.29 is 24.2 Å². The van der Waals surface area contributed by atoms with Crippen molar-refractivity contribution in [3.8, 4) is 0 Å². The number of rotatable bonds is 8. The first-order chi connectivity index (χ1) is 10.0. The fraction of sp³-hybridized carbons (Fsp3) is 0.857. The van der Waals surface area contributed by atoms with Gasteiger partial charge in [-0.2, -0.15) is 0 Å². The molecule has 7 heteroatoms. The highest BCUT2D eigenvalue weighted by atomic mass is 16.5. The van der Waals surface area contributed by atoms with Crippen LogP contribution in [0.2, 0.25) is 0 Å². The molecule has 122 valence electrons. The summed E-state index contributed by atoms with van der Waals surface area (Å²) in [5, 5.41) is 9.39. The zero-order chi connectivity index (χ0) is 15.9. The van der Waals surface area contributed by atoms with Gasteiger partial charge in [0, 0.05) is 40.4 Å². The molecule has 1 atom stereocenters. The molecule has 1 unspecified atom stereocenters. The van der Waals surface area contributed by atoms with Crippen molar-refractivity contribution in [2.45, 2.75) is 19.8 Å². The van der Waals surface area contributed by atoms with Gasteiger partial charge in [-0.1, -0.05) is 6.92 Å². The number of amides is 2. The number of likely N-dealkylation sites (tertiary alicyclic amines) is 1. The number of carboxylic acids is 1. The molecule has 0 radical (unpaired) electrons. The fourth-order valence-electron chi connectivity index (χ4n) is 2.56. The van der Waals surface area contributed by atoms with Gasteiger partial charge >= 0.3 is 12.0 Å². The summed E-state index contributed by atoms with van der Waals surface area (Å²) < 4.78 is 10.0. The van der Waals surface area contributed by atoms with Crippen molar-refractivity contribution in [1.82, 2.24) is 9.80 Å².